The van der Waals surface area contributed by atoms with E-state index in [0.29, 0.717) is 10.4 Å². The fraction of sp³-hybridized carbons (Fsp3) is 0.364. The Balaban J connectivity index is 1.79. The summed E-state index contributed by atoms with van der Waals surface area (Å²) in [5.74, 6) is -2.47. The van der Waals surface area contributed by atoms with E-state index in [-0.39, 0.29) is 23.7 Å². The van der Waals surface area contributed by atoms with Crippen molar-refractivity contribution in [1.29, 1.82) is 0 Å². The van der Waals surface area contributed by atoms with Gasteiger partial charge in [0, 0.05) is 18.8 Å². The number of morpholine rings is 1. The molecule has 2 heterocycles. The van der Waals surface area contributed by atoms with Gasteiger partial charge in [0.2, 0.25) is 5.91 Å². The molecular formula is C22H20ClF5N4O6S. The van der Waals surface area contributed by atoms with Crippen LogP contribution in [0.15, 0.2) is 30.3 Å². The zero-order chi connectivity index (χ0) is 28.7. The number of alkyl carbamates (subject to hydrolysis) is 1. The van der Waals surface area contributed by atoms with Crippen molar-refractivity contribution in [1.82, 2.24) is 10.6 Å². The lowest BCUT2D eigenvalue weighted by Gasteiger charge is -2.29. The predicted octanol–water partition coefficient (Wildman–Crippen LogP) is 3.51. The first-order valence-corrected chi connectivity index (χ1v) is 12.2. The molecule has 1 aliphatic rings. The number of nitrogens with one attached hydrogen (secondary N) is 3. The molecule has 0 bridgehead atoms. The Labute approximate surface area is 226 Å². The molecule has 0 spiro atoms. The highest BCUT2D eigenvalue weighted by molar-refractivity contribution is 7.18. The fourth-order valence-corrected chi connectivity index (χ4v) is 4.29. The maximum absolute atomic E-state index is 13.8. The molecule has 1 atom stereocenters. The van der Waals surface area contributed by atoms with Gasteiger partial charge in [-0.25, -0.2) is 13.6 Å². The van der Waals surface area contributed by atoms with Crippen molar-refractivity contribution < 1.29 is 50.6 Å². The van der Waals surface area contributed by atoms with Gasteiger partial charge in [-0.1, -0.05) is 11.6 Å². The summed E-state index contributed by atoms with van der Waals surface area (Å²) in [5.41, 5.74) is -2.03. The maximum Gasteiger partial charge on any atom is 0.418 e. The van der Waals surface area contributed by atoms with Gasteiger partial charge < -0.3 is 30.3 Å². The van der Waals surface area contributed by atoms with Crippen molar-refractivity contribution in [2.45, 2.75) is 18.6 Å². The smallest absolute Gasteiger partial charge is 0.418 e. The van der Waals surface area contributed by atoms with Crippen molar-refractivity contribution >= 4 is 58.1 Å². The van der Waals surface area contributed by atoms with Gasteiger partial charge in [0.1, 0.15) is 12.6 Å². The monoisotopic (exact) mass is 598 g/mol. The Morgan fingerprint density at radius 2 is 1.92 bits per heavy atom. The van der Waals surface area contributed by atoms with Gasteiger partial charge in [-0.2, -0.15) is 13.2 Å². The molecule has 3 rings (SSSR count). The average Bonchev–Trinajstić information content (AvgIpc) is 3.31. The predicted molar refractivity (Wildman–Crippen MR) is 129 cm³/mol. The molecule has 0 unspecified atom stereocenters. The summed E-state index contributed by atoms with van der Waals surface area (Å²) >= 11 is 6.70. The molecule has 1 aromatic heterocycles. The number of anilines is 2. The topological polar surface area (TPSA) is 126 Å². The van der Waals surface area contributed by atoms with E-state index in [1.165, 1.54) is 12.1 Å². The Hall–Kier alpha value is -3.50. The van der Waals surface area contributed by atoms with Gasteiger partial charge in [-0.15, -0.1) is 11.3 Å². The second-order valence-corrected chi connectivity index (χ2v) is 9.53. The van der Waals surface area contributed by atoms with Crippen molar-refractivity contribution in [3.8, 4) is 0 Å². The number of ether oxygens (including phenoxy) is 2. The molecule has 212 valence electrons. The van der Waals surface area contributed by atoms with Gasteiger partial charge in [-0.05, 0) is 30.3 Å². The summed E-state index contributed by atoms with van der Waals surface area (Å²) < 4.78 is 75.8. The summed E-state index contributed by atoms with van der Waals surface area (Å²) in [4.78, 5) is 50.2. The quantitative estimate of drug-likeness (QED) is 0.379. The molecule has 2 aromatic rings. The SMILES string of the molecule is O=C(N[C@H](CNC(=O)c1ccc(Cl)s1)C(=O)Nc1ccc(N2CCOCC2=O)c(C(F)(F)F)c1)OCC(F)F. The fourth-order valence-electron chi connectivity index (χ4n) is 3.33. The second-order valence-electron chi connectivity index (χ2n) is 7.82. The number of nitrogens with zero attached hydrogens (tertiary/aromatic N) is 1. The van der Waals surface area contributed by atoms with E-state index in [4.69, 9.17) is 16.3 Å². The lowest BCUT2D eigenvalue weighted by Crippen LogP contribution is -2.50. The van der Waals surface area contributed by atoms with Gasteiger partial charge >= 0.3 is 12.3 Å². The van der Waals surface area contributed by atoms with Crippen LogP contribution in [0.2, 0.25) is 4.34 Å². The van der Waals surface area contributed by atoms with E-state index in [0.717, 1.165) is 28.4 Å². The van der Waals surface area contributed by atoms with E-state index in [9.17, 15) is 41.1 Å². The van der Waals surface area contributed by atoms with Crippen LogP contribution in [0.5, 0.6) is 0 Å². The standard InChI is InChI=1S/C22H20ClF5N4O6S/c23-16-4-3-15(39-16)20(35)29-8-13(31-21(36)38-9-17(24)25)19(34)30-11-1-2-14(12(7-11)22(26,27)28)32-5-6-37-10-18(32)33/h1-4,7,13,17H,5-6,8-10H2,(H,29,35)(H,30,34)(H,31,36)/t13-/m1/s1. The zero-order valence-electron chi connectivity index (χ0n) is 19.6. The van der Waals surface area contributed by atoms with Crippen LogP contribution >= 0.6 is 22.9 Å². The van der Waals surface area contributed by atoms with Gasteiger partial charge in [0.25, 0.3) is 18.2 Å². The third-order valence-electron chi connectivity index (χ3n) is 5.06. The lowest BCUT2D eigenvalue weighted by atomic mass is 10.1. The molecule has 1 aromatic carbocycles. The molecule has 3 N–H and O–H groups in total. The number of hydrogen-bond donors (Lipinski definition) is 3. The molecule has 10 nitrogen and oxygen atoms in total. The molecule has 1 saturated heterocycles. The third-order valence-corrected chi connectivity index (χ3v) is 6.29. The number of carbonyl (C=O) groups excluding carboxylic acids is 4. The third kappa shape index (κ3) is 8.49. The van der Waals surface area contributed by atoms with Crippen LogP contribution in [-0.2, 0) is 25.2 Å². The number of thiophene rings is 1. The summed E-state index contributed by atoms with van der Waals surface area (Å²) in [6.45, 7) is -2.35. The highest BCUT2D eigenvalue weighted by atomic mass is 35.5. The minimum atomic E-state index is -4.92. The largest absolute Gasteiger partial charge is 0.443 e. The van der Waals surface area contributed by atoms with Crippen LogP contribution in [0, 0.1) is 0 Å². The van der Waals surface area contributed by atoms with E-state index in [1.54, 1.807) is 0 Å². The van der Waals surface area contributed by atoms with Crippen molar-refractivity contribution in [2.75, 3.05) is 43.1 Å². The van der Waals surface area contributed by atoms with Crippen LogP contribution in [0.1, 0.15) is 15.2 Å². The summed E-state index contributed by atoms with van der Waals surface area (Å²) in [7, 11) is 0. The molecule has 0 aliphatic carbocycles. The normalized spacial score (nSPS) is 14.6. The summed E-state index contributed by atoms with van der Waals surface area (Å²) in [5, 5.41) is 6.50. The Bertz CT molecular complexity index is 1230. The number of rotatable bonds is 9. The van der Waals surface area contributed by atoms with Crippen LogP contribution in [0.4, 0.5) is 38.1 Å². The van der Waals surface area contributed by atoms with Gasteiger partial charge in [-0.3, -0.25) is 14.4 Å². The molecule has 0 saturated carbocycles. The van der Waals surface area contributed by atoms with Crippen LogP contribution < -0.4 is 20.9 Å². The van der Waals surface area contributed by atoms with Gasteiger partial charge in [0.05, 0.1) is 27.1 Å². The van der Waals surface area contributed by atoms with E-state index in [2.05, 4.69) is 15.4 Å². The first-order valence-electron chi connectivity index (χ1n) is 11.0. The molecule has 0 radical (unpaired) electrons. The summed E-state index contributed by atoms with van der Waals surface area (Å²) in [6, 6.07) is 3.87. The van der Waals surface area contributed by atoms with E-state index < -0.39 is 73.5 Å². The Kier molecular flexibility index (Phi) is 10.0. The lowest BCUT2D eigenvalue weighted by molar-refractivity contribution is -0.137. The summed E-state index contributed by atoms with van der Waals surface area (Å²) in [6.07, 6.45) is -9.34. The number of hydrogen-bond acceptors (Lipinski definition) is 7. The van der Waals surface area contributed by atoms with Crippen LogP contribution in [-0.4, -0.2) is 69.2 Å². The highest BCUT2D eigenvalue weighted by Gasteiger charge is 2.37. The molecular weight excluding hydrogens is 579 g/mol. The van der Waals surface area contributed by atoms with E-state index in [1.807, 2.05) is 5.32 Å². The second kappa shape index (κ2) is 13.0. The van der Waals surface area contributed by atoms with Crippen LogP contribution in [0.25, 0.3) is 0 Å². The van der Waals surface area contributed by atoms with Crippen molar-refractivity contribution in [3.05, 3.63) is 45.1 Å². The minimum Gasteiger partial charge on any atom is -0.443 e. The number of amides is 4. The maximum atomic E-state index is 13.8. The zero-order valence-corrected chi connectivity index (χ0v) is 21.2. The number of carbonyl (C=O) groups is 4. The van der Waals surface area contributed by atoms with E-state index >= 15 is 0 Å². The van der Waals surface area contributed by atoms with Gasteiger partial charge in [0.15, 0.2) is 6.61 Å². The molecule has 39 heavy (non-hydrogen) atoms. The Morgan fingerprint density at radius 1 is 1.18 bits per heavy atom. The van der Waals surface area contributed by atoms with Crippen molar-refractivity contribution in [2.24, 2.45) is 0 Å². The molecule has 4 amide bonds. The molecule has 1 fully saturated rings. The van der Waals surface area contributed by atoms with Crippen molar-refractivity contribution in [3.63, 3.8) is 0 Å². The first kappa shape index (κ1) is 30.0. The minimum absolute atomic E-state index is 0.0277. The average molecular weight is 599 g/mol. The van der Waals surface area contributed by atoms with Crippen LogP contribution in [0.3, 0.4) is 0 Å². The number of alkyl halides is 5. The highest BCUT2D eigenvalue weighted by Crippen LogP contribution is 2.38. The molecule has 1 aliphatic heterocycles. The molecule has 17 heteroatoms. The Morgan fingerprint density at radius 3 is 2.54 bits per heavy atom. The number of benzene rings is 1. The number of halogens is 6. The first-order chi connectivity index (χ1) is 18.3.